The van der Waals surface area contributed by atoms with Crippen LogP contribution < -0.4 is 4.74 Å². The third kappa shape index (κ3) is 3.88. The molecule has 3 aliphatic rings. The van der Waals surface area contributed by atoms with Crippen LogP contribution in [0.2, 0.25) is 0 Å². The third-order valence-electron chi connectivity index (χ3n) is 6.82. The minimum Gasteiger partial charge on any atom is -0.473 e. The van der Waals surface area contributed by atoms with Crippen LogP contribution in [0, 0.1) is 11.8 Å². The Morgan fingerprint density at radius 2 is 1.90 bits per heavy atom. The van der Waals surface area contributed by atoms with Crippen LogP contribution in [-0.2, 0) is 27.0 Å². The Morgan fingerprint density at radius 3 is 2.52 bits per heavy atom. The molecule has 1 aromatic carbocycles. The Morgan fingerprint density at radius 1 is 1.23 bits per heavy atom. The summed E-state index contributed by atoms with van der Waals surface area (Å²) in [6, 6.07) is 3.63. The average Bonchev–Trinajstić information content (AvgIpc) is 2.95. The van der Waals surface area contributed by atoms with E-state index < -0.39 is 35.1 Å². The molecular formula is C22H27F3N2O4. The number of benzene rings is 1. The monoisotopic (exact) mass is 440 g/mol. The first kappa shape index (κ1) is 21.9. The van der Waals surface area contributed by atoms with Gasteiger partial charge in [0.2, 0.25) is 5.91 Å². The van der Waals surface area contributed by atoms with E-state index in [2.05, 4.69) is 18.7 Å². The van der Waals surface area contributed by atoms with Crippen LogP contribution in [-0.4, -0.2) is 53.1 Å². The summed E-state index contributed by atoms with van der Waals surface area (Å²) in [4.78, 5) is 29.6. The van der Waals surface area contributed by atoms with Gasteiger partial charge in [-0.25, -0.2) is 0 Å². The maximum atomic E-state index is 13.5. The standard InChI is InChI=1S/C22H27F3N2O4/c1-13(2)26-8-6-21(7-9-26)18(14(3)20(29)31-21)19(28)27-11-15-10-16(22(23,24)25)4-5-17(15)30-12-27/h4-5,10,13-14,18H,6-9,11-12H2,1-3H3. The van der Waals surface area contributed by atoms with Crippen molar-refractivity contribution in [2.75, 3.05) is 19.8 Å². The predicted octanol–water partition coefficient (Wildman–Crippen LogP) is 3.44. The number of amides is 1. The second-order valence-electron chi connectivity index (χ2n) is 9.01. The number of carbonyl (C=O) groups is 2. The van der Waals surface area contributed by atoms with Crippen LogP contribution in [0.1, 0.15) is 44.7 Å². The zero-order chi connectivity index (χ0) is 22.6. The SMILES string of the molecule is CC1C(=O)OC2(CCN(C(C)C)CC2)C1C(=O)N1COc2ccc(C(F)(F)F)cc2C1. The highest BCUT2D eigenvalue weighted by molar-refractivity contribution is 5.89. The van der Waals surface area contributed by atoms with E-state index in [1.54, 1.807) is 6.92 Å². The predicted molar refractivity (Wildman–Crippen MR) is 105 cm³/mol. The molecule has 2 fully saturated rings. The highest BCUT2D eigenvalue weighted by Crippen LogP contribution is 2.46. The number of ether oxygens (including phenoxy) is 2. The lowest BCUT2D eigenvalue weighted by Crippen LogP contribution is -2.55. The summed E-state index contributed by atoms with van der Waals surface area (Å²) in [5, 5.41) is 0. The Hall–Kier alpha value is -2.29. The molecule has 31 heavy (non-hydrogen) atoms. The lowest BCUT2D eigenvalue weighted by molar-refractivity contribution is -0.159. The average molecular weight is 440 g/mol. The molecule has 3 aliphatic heterocycles. The second-order valence-corrected chi connectivity index (χ2v) is 9.01. The van der Waals surface area contributed by atoms with Gasteiger partial charge >= 0.3 is 12.1 Å². The van der Waals surface area contributed by atoms with Gasteiger partial charge in [0, 0.05) is 37.5 Å². The maximum Gasteiger partial charge on any atom is 0.416 e. The van der Waals surface area contributed by atoms with Crippen molar-refractivity contribution in [2.45, 2.75) is 58.0 Å². The van der Waals surface area contributed by atoms with E-state index in [-0.39, 0.29) is 19.2 Å². The van der Waals surface area contributed by atoms with E-state index in [9.17, 15) is 22.8 Å². The quantitative estimate of drug-likeness (QED) is 0.660. The van der Waals surface area contributed by atoms with Crippen molar-refractivity contribution in [3.8, 4) is 5.75 Å². The van der Waals surface area contributed by atoms with Crippen molar-refractivity contribution in [1.29, 1.82) is 0 Å². The summed E-state index contributed by atoms with van der Waals surface area (Å²) in [5.41, 5.74) is -1.35. The molecule has 0 radical (unpaired) electrons. The van der Waals surface area contributed by atoms with Crippen LogP contribution in [0.5, 0.6) is 5.75 Å². The zero-order valence-electron chi connectivity index (χ0n) is 17.9. The van der Waals surface area contributed by atoms with Gasteiger partial charge in [0.05, 0.1) is 23.9 Å². The van der Waals surface area contributed by atoms with Crippen LogP contribution in [0.3, 0.4) is 0 Å². The molecule has 0 aliphatic carbocycles. The summed E-state index contributed by atoms with van der Waals surface area (Å²) in [6.45, 7) is 7.26. The van der Waals surface area contributed by atoms with Gasteiger partial charge in [0.15, 0.2) is 6.73 Å². The van der Waals surface area contributed by atoms with Crippen LogP contribution >= 0.6 is 0 Å². The van der Waals surface area contributed by atoms with Gasteiger partial charge in [-0.1, -0.05) is 6.92 Å². The normalized spacial score (nSPS) is 26.0. The molecular weight excluding hydrogens is 413 g/mol. The van der Waals surface area contributed by atoms with Crippen LogP contribution in [0.25, 0.3) is 0 Å². The molecule has 0 aromatic heterocycles. The molecule has 4 rings (SSSR count). The molecule has 2 saturated heterocycles. The van der Waals surface area contributed by atoms with Gasteiger partial charge in [-0.15, -0.1) is 0 Å². The number of esters is 1. The molecule has 1 amide bonds. The molecule has 2 atom stereocenters. The molecule has 170 valence electrons. The van der Waals surface area contributed by atoms with Gasteiger partial charge in [0.25, 0.3) is 0 Å². The van der Waals surface area contributed by atoms with Crippen LogP contribution in [0.4, 0.5) is 13.2 Å². The van der Waals surface area contributed by atoms with E-state index in [0.717, 1.165) is 25.2 Å². The first-order chi connectivity index (χ1) is 14.5. The molecule has 2 unspecified atom stereocenters. The third-order valence-corrected chi connectivity index (χ3v) is 6.82. The van der Waals surface area contributed by atoms with E-state index >= 15 is 0 Å². The van der Waals surface area contributed by atoms with Gasteiger partial charge in [0.1, 0.15) is 11.4 Å². The smallest absolute Gasteiger partial charge is 0.416 e. The molecule has 1 aromatic rings. The first-order valence-corrected chi connectivity index (χ1v) is 10.6. The molecule has 0 bridgehead atoms. The zero-order valence-corrected chi connectivity index (χ0v) is 17.9. The van der Waals surface area contributed by atoms with Gasteiger partial charge in [-0.05, 0) is 32.0 Å². The fraction of sp³-hybridized carbons (Fsp3) is 0.636. The fourth-order valence-corrected chi connectivity index (χ4v) is 4.98. The van der Waals surface area contributed by atoms with E-state index in [4.69, 9.17) is 9.47 Å². The van der Waals surface area contributed by atoms with Crippen molar-refractivity contribution in [3.05, 3.63) is 29.3 Å². The number of nitrogens with zero attached hydrogens (tertiary/aromatic N) is 2. The highest BCUT2D eigenvalue weighted by atomic mass is 19.4. The van der Waals surface area contributed by atoms with Crippen molar-refractivity contribution in [3.63, 3.8) is 0 Å². The van der Waals surface area contributed by atoms with E-state index in [0.29, 0.717) is 30.2 Å². The number of halogens is 3. The van der Waals surface area contributed by atoms with E-state index in [1.807, 2.05) is 0 Å². The fourth-order valence-electron chi connectivity index (χ4n) is 4.98. The molecule has 0 saturated carbocycles. The molecule has 9 heteroatoms. The Labute approximate surface area is 179 Å². The summed E-state index contributed by atoms with van der Waals surface area (Å²) in [7, 11) is 0. The summed E-state index contributed by atoms with van der Waals surface area (Å²) < 4.78 is 50.7. The number of carbonyl (C=O) groups excluding carboxylic acids is 2. The molecule has 3 heterocycles. The first-order valence-electron chi connectivity index (χ1n) is 10.6. The lowest BCUT2D eigenvalue weighted by atomic mass is 9.74. The second kappa shape index (κ2) is 7.69. The number of piperidine rings is 1. The van der Waals surface area contributed by atoms with Crippen molar-refractivity contribution >= 4 is 11.9 Å². The minimum absolute atomic E-state index is 0.00367. The summed E-state index contributed by atoms with van der Waals surface area (Å²) in [6.07, 6.45) is -3.36. The van der Waals surface area contributed by atoms with Crippen molar-refractivity contribution < 1.29 is 32.2 Å². The molecule has 1 spiro atoms. The number of rotatable bonds is 2. The van der Waals surface area contributed by atoms with Gasteiger partial charge in [-0.2, -0.15) is 13.2 Å². The summed E-state index contributed by atoms with van der Waals surface area (Å²) >= 11 is 0. The number of hydrogen-bond acceptors (Lipinski definition) is 5. The largest absolute Gasteiger partial charge is 0.473 e. The van der Waals surface area contributed by atoms with E-state index in [1.165, 1.54) is 11.0 Å². The molecule has 0 N–H and O–H groups in total. The van der Waals surface area contributed by atoms with Gasteiger partial charge < -0.3 is 19.3 Å². The van der Waals surface area contributed by atoms with Crippen molar-refractivity contribution in [1.82, 2.24) is 9.80 Å². The van der Waals surface area contributed by atoms with Crippen LogP contribution in [0.15, 0.2) is 18.2 Å². The minimum atomic E-state index is -4.48. The number of fused-ring (bicyclic) bond motifs is 1. The Kier molecular flexibility index (Phi) is 5.44. The summed E-state index contributed by atoms with van der Waals surface area (Å²) in [5.74, 6) is -1.65. The van der Waals surface area contributed by atoms with Crippen molar-refractivity contribution in [2.24, 2.45) is 11.8 Å². The molecule has 6 nitrogen and oxygen atoms in total. The van der Waals surface area contributed by atoms with Gasteiger partial charge in [-0.3, -0.25) is 9.59 Å². The number of hydrogen-bond donors (Lipinski definition) is 0. The number of alkyl halides is 3. The Balaban J connectivity index is 1.56. The Bertz CT molecular complexity index is 878. The topological polar surface area (TPSA) is 59.1 Å². The maximum absolute atomic E-state index is 13.5. The number of likely N-dealkylation sites (tertiary alicyclic amines) is 1. The highest BCUT2D eigenvalue weighted by Gasteiger charge is 2.59. The lowest BCUT2D eigenvalue weighted by Gasteiger charge is -2.43.